The van der Waals surface area contributed by atoms with Gasteiger partial charge in [0, 0.05) is 31.1 Å². The summed E-state index contributed by atoms with van der Waals surface area (Å²) < 4.78 is 5.21. The average molecular weight is 259 g/mol. The molecule has 0 spiro atoms. The van der Waals surface area contributed by atoms with Gasteiger partial charge >= 0.3 is 0 Å². The zero-order valence-electron chi connectivity index (χ0n) is 10.9. The van der Waals surface area contributed by atoms with Gasteiger partial charge in [-0.2, -0.15) is 0 Å². The molecule has 0 aliphatic rings. The smallest absolute Gasteiger partial charge is 0.227 e. The van der Waals surface area contributed by atoms with Crippen molar-refractivity contribution in [2.45, 2.75) is 19.8 Å². The summed E-state index contributed by atoms with van der Waals surface area (Å²) in [6, 6.07) is 10.4. The summed E-state index contributed by atoms with van der Waals surface area (Å²) in [5.41, 5.74) is 0.715. The number of hydrogen-bond acceptors (Lipinski definition) is 3. The van der Waals surface area contributed by atoms with E-state index in [0.717, 1.165) is 5.76 Å². The Balaban J connectivity index is 2.02. The van der Waals surface area contributed by atoms with Gasteiger partial charge in [0.2, 0.25) is 5.91 Å². The first-order chi connectivity index (χ1) is 9.20. The van der Waals surface area contributed by atoms with Crippen molar-refractivity contribution in [1.29, 1.82) is 0 Å². The number of benzene rings is 1. The van der Waals surface area contributed by atoms with Crippen LogP contribution in [-0.4, -0.2) is 17.6 Å². The number of phenolic OH excluding ortho intramolecular Hbond substituents is 1. The van der Waals surface area contributed by atoms with Crippen molar-refractivity contribution in [2.75, 3.05) is 11.4 Å². The van der Waals surface area contributed by atoms with Crippen LogP contribution in [0.5, 0.6) is 5.75 Å². The van der Waals surface area contributed by atoms with Gasteiger partial charge in [0.05, 0.1) is 6.26 Å². The first kappa shape index (κ1) is 13.2. The van der Waals surface area contributed by atoms with Gasteiger partial charge in [0.15, 0.2) is 0 Å². The Hall–Kier alpha value is -2.23. The highest BCUT2D eigenvalue weighted by atomic mass is 16.3. The number of phenols is 1. The maximum absolute atomic E-state index is 12.2. The van der Waals surface area contributed by atoms with Crippen LogP contribution in [0.2, 0.25) is 0 Å². The summed E-state index contributed by atoms with van der Waals surface area (Å²) in [5, 5.41) is 9.47. The van der Waals surface area contributed by atoms with E-state index in [1.54, 1.807) is 29.4 Å². The summed E-state index contributed by atoms with van der Waals surface area (Å²) in [7, 11) is 0. The summed E-state index contributed by atoms with van der Waals surface area (Å²) in [6.45, 7) is 2.48. The minimum Gasteiger partial charge on any atom is -0.508 e. The molecule has 1 N–H and O–H groups in total. The summed E-state index contributed by atoms with van der Waals surface area (Å²) in [4.78, 5) is 13.8. The number of furan rings is 1. The molecule has 0 aliphatic carbocycles. The number of aromatic hydroxyl groups is 1. The lowest BCUT2D eigenvalue weighted by Gasteiger charge is -2.21. The molecule has 19 heavy (non-hydrogen) atoms. The SMILES string of the molecule is CCN(C(=O)CCc1ccco1)c1cccc(O)c1. The molecule has 0 aliphatic heterocycles. The molecule has 1 aromatic carbocycles. The van der Waals surface area contributed by atoms with Gasteiger partial charge in [-0.25, -0.2) is 0 Å². The summed E-state index contributed by atoms with van der Waals surface area (Å²) >= 11 is 0. The monoisotopic (exact) mass is 259 g/mol. The van der Waals surface area contributed by atoms with E-state index in [9.17, 15) is 9.90 Å². The number of hydrogen-bond donors (Lipinski definition) is 1. The Morgan fingerprint density at radius 2 is 2.16 bits per heavy atom. The molecule has 0 saturated carbocycles. The number of amides is 1. The van der Waals surface area contributed by atoms with Crippen LogP contribution in [0.4, 0.5) is 5.69 Å². The van der Waals surface area contributed by atoms with Crippen LogP contribution < -0.4 is 4.90 Å². The number of nitrogens with zero attached hydrogens (tertiary/aromatic N) is 1. The van der Waals surface area contributed by atoms with Crippen LogP contribution in [0.25, 0.3) is 0 Å². The van der Waals surface area contributed by atoms with E-state index in [2.05, 4.69) is 0 Å². The van der Waals surface area contributed by atoms with Crippen molar-refractivity contribution in [2.24, 2.45) is 0 Å². The molecule has 1 aromatic heterocycles. The van der Waals surface area contributed by atoms with Crippen molar-refractivity contribution in [1.82, 2.24) is 0 Å². The molecule has 2 aromatic rings. The Bertz CT molecular complexity index is 534. The predicted molar refractivity (Wildman–Crippen MR) is 73.2 cm³/mol. The molecule has 1 heterocycles. The van der Waals surface area contributed by atoms with Crippen LogP contribution in [0, 0.1) is 0 Å². The second kappa shape index (κ2) is 6.09. The van der Waals surface area contributed by atoms with Crippen LogP contribution in [0.1, 0.15) is 19.1 Å². The molecule has 4 nitrogen and oxygen atoms in total. The lowest BCUT2D eigenvalue weighted by atomic mass is 10.2. The third-order valence-electron chi connectivity index (χ3n) is 2.92. The van der Waals surface area contributed by atoms with Crippen molar-refractivity contribution >= 4 is 11.6 Å². The van der Waals surface area contributed by atoms with Crippen molar-refractivity contribution < 1.29 is 14.3 Å². The number of rotatable bonds is 5. The molecule has 4 heteroatoms. The molecule has 2 rings (SSSR count). The van der Waals surface area contributed by atoms with E-state index in [4.69, 9.17) is 4.42 Å². The normalized spacial score (nSPS) is 10.4. The minimum atomic E-state index is 0.0181. The molecule has 0 bridgehead atoms. The first-order valence-corrected chi connectivity index (χ1v) is 6.32. The molecular formula is C15H17NO3. The van der Waals surface area contributed by atoms with E-state index in [1.165, 1.54) is 0 Å². The van der Waals surface area contributed by atoms with E-state index in [-0.39, 0.29) is 11.7 Å². The number of carbonyl (C=O) groups is 1. The highest BCUT2D eigenvalue weighted by molar-refractivity contribution is 5.93. The molecule has 0 unspecified atom stereocenters. The van der Waals surface area contributed by atoms with Gasteiger partial charge in [0.1, 0.15) is 11.5 Å². The number of carbonyl (C=O) groups excluding carboxylic acids is 1. The highest BCUT2D eigenvalue weighted by Crippen LogP contribution is 2.21. The predicted octanol–water partition coefficient (Wildman–Crippen LogP) is 2.97. The summed E-state index contributed by atoms with van der Waals surface area (Å²) in [6.07, 6.45) is 2.57. The van der Waals surface area contributed by atoms with Gasteiger partial charge in [-0.15, -0.1) is 0 Å². The quantitative estimate of drug-likeness (QED) is 0.898. The Kier molecular flexibility index (Phi) is 4.23. The molecule has 0 atom stereocenters. The first-order valence-electron chi connectivity index (χ1n) is 6.32. The molecule has 100 valence electrons. The second-order valence-corrected chi connectivity index (χ2v) is 4.24. The van der Waals surface area contributed by atoms with E-state index >= 15 is 0 Å². The Morgan fingerprint density at radius 1 is 1.32 bits per heavy atom. The van der Waals surface area contributed by atoms with Crippen LogP contribution in [-0.2, 0) is 11.2 Å². The maximum atomic E-state index is 12.2. The summed E-state index contributed by atoms with van der Waals surface area (Å²) in [5.74, 6) is 0.986. The molecule has 0 radical (unpaired) electrons. The fourth-order valence-electron chi connectivity index (χ4n) is 1.98. The van der Waals surface area contributed by atoms with Crippen LogP contribution in [0.3, 0.4) is 0 Å². The topological polar surface area (TPSA) is 53.7 Å². The fourth-order valence-corrected chi connectivity index (χ4v) is 1.98. The Morgan fingerprint density at radius 3 is 2.79 bits per heavy atom. The number of anilines is 1. The number of aryl methyl sites for hydroxylation is 1. The Labute approximate surface area is 112 Å². The van der Waals surface area contributed by atoms with Gasteiger partial charge in [-0.05, 0) is 31.2 Å². The van der Waals surface area contributed by atoms with Crippen molar-refractivity contribution in [3.05, 3.63) is 48.4 Å². The maximum Gasteiger partial charge on any atom is 0.227 e. The van der Waals surface area contributed by atoms with Crippen molar-refractivity contribution in [3.63, 3.8) is 0 Å². The zero-order chi connectivity index (χ0) is 13.7. The van der Waals surface area contributed by atoms with Gasteiger partial charge in [0.25, 0.3) is 0 Å². The van der Waals surface area contributed by atoms with Crippen molar-refractivity contribution in [3.8, 4) is 5.75 Å². The average Bonchev–Trinajstić information content (AvgIpc) is 2.90. The molecule has 0 saturated heterocycles. The third-order valence-corrected chi connectivity index (χ3v) is 2.92. The second-order valence-electron chi connectivity index (χ2n) is 4.24. The van der Waals surface area contributed by atoms with Gasteiger partial charge in [-0.1, -0.05) is 6.07 Å². The van der Waals surface area contributed by atoms with Crippen LogP contribution >= 0.6 is 0 Å². The lowest BCUT2D eigenvalue weighted by molar-refractivity contribution is -0.118. The largest absolute Gasteiger partial charge is 0.508 e. The highest BCUT2D eigenvalue weighted by Gasteiger charge is 2.14. The fraction of sp³-hybridized carbons (Fsp3) is 0.267. The molecular weight excluding hydrogens is 242 g/mol. The lowest BCUT2D eigenvalue weighted by Crippen LogP contribution is -2.30. The molecule has 0 fully saturated rings. The molecule has 1 amide bonds. The van der Waals surface area contributed by atoms with E-state index < -0.39 is 0 Å². The van der Waals surface area contributed by atoms with Crippen LogP contribution in [0.15, 0.2) is 47.1 Å². The standard InChI is InChI=1S/C15H17NO3/c1-2-16(12-5-3-6-13(17)11-12)15(18)9-8-14-7-4-10-19-14/h3-7,10-11,17H,2,8-9H2,1H3. The van der Waals surface area contributed by atoms with Gasteiger partial charge < -0.3 is 14.4 Å². The van der Waals surface area contributed by atoms with E-state index in [1.807, 2.05) is 25.1 Å². The van der Waals surface area contributed by atoms with E-state index in [0.29, 0.717) is 25.1 Å². The third kappa shape index (κ3) is 3.37. The minimum absolute atomic E-state index is 0.0181. The van der Waals surface area contributed by atoms with Gasteiger partial charge in [-0.3, -0.25) is 4.79 Å². The zero-order valence-corrected chi connectivity index (χ0v) is 10.9.